The Morgan fingerprint density at radius 3 is 1.56 bits per heavy atom. The van der Waals surface area contributed by atoms with Gasteiger partial charge in [0.1, 0.15) is 18.3 Å². The number of rotatable bonds is 15. The van der Waals surface area contributed by atoms with E-state index >= 15 is 0 Å². The Morgan fingerprint density at radius 2 is 1.12 bits per heavy atom. The van der Waals surface area contributed by atoms with E-state index in [4.69, 9.17) is 43.4 Å². The third kappa shape index (κ3) is 8.30. The standard InChI is InChI=1S/C24H38O17/c1-5-9-11(39-23(35-3)14(26)13(9)25)7-38-18(21(32)33)22(34)41-16-10(6-2)12(40-24(36-4)15(16)27)8-37-17(19(28)29)20(30)31/h9-18,23-27H,5-8H2,1-4H3,(H,28,29)(H,30,31)(H,32,33)/t9-,10-,11?,12?,13+,14?,15?,16+,18?,23-,24-/m1/s1. The van der Waals surface area contributed by atoms with E-state index in [1.165, 1.54) is 7.11 Å². The van der Waals surface area contributed by atoms with Crippen LogP contribution in [-0.2, 0) is 52.3 Å². The summed E-state index contributed by atoms with van der Waals surface area (Å²) in [6.45, 7) is 2.19. The number of carbonyl (C=O) groups excluding carboxylic acids is 1. The van der Waals surface area contributed by atoms with Crippen molar-refractivity contribution >= 4 is 23.9 Å². The van der Waals surface area contributed by atoms with Crippen LogP contribution in [0.3, 0.4) is 0 Å². The molecule has 0 spiro atoms. The molecule has 2 aliphatic heterocycles. The van der Waals surface area contributed by atoms with Gasteiger partial charge in [-0.15, -0.1) is 0 Å². The summed E-state index contributed by atoms with van der Waals surface area (Å²) in [5.41, 5.74) is 0. The Morgan fingerprint density at radius 1 is 0.683 bits per heavy atom. The van der Waals surface area contributed by atoms with Gasteiger partial charge >= 0.3 is 23.9 Å². The van der Waals surface area contributed by atoms with Crippen LogP contribution in [0.5, 0.6) is 0 Å². The lowest BCUT2D eigenvalue weighted by atomic mass is 9.86. The number of hydrogen-bond acceptors (Lipinski definition) is 14. The molecule has 0 radical (unpaired) electrons. The molecule has 2 rings (SSSR count). The number of carboxylic acid groups (broad SMARTS) is 3. The third-order valence-electron chi connectivity index (χ3n) is 7.08. The minimum atomic E-state index is -2.22. The molecule has 236 valence electrons. The first-order valence-electron chi connectivity index (χ1n) is 12.8. The van der Waals surface area contributed by atoms with E-state index in [9.17, 15) is 39.6 Å². The largest absolute Gasteiger partial charge is 0.479 e. The van der Waals surface area contributed by atoms with Crippen LogP contribution in [0.4, 0.5) is 0 Å². The zero-order chi connectivity index (χ0) is 31.0. The summed E-state index contributed by atoms with van der Waals surface area (Å²) in [5, 5.41) is 59.1. The van der Waals surface area contributed by atoms with Gasteiger partial charge in [0.05, 0.1) is 31.5 Å². The van der Waals surface area contributed by atoms with Gasteiger partial charge in [0, 0.05) is 26.1 Å². The van der Waals surface area contributed by atoms with E-state index in [1.54, 1.807) is 13.8 Å². The summed E-state index contributed by atoms with van der Waals surface area (Å²) in [6.07, 6.45) is -14.5. The van der Waals surface area contributed by atoms with Crippen LogP contribution in [0.2, 0.25) is 0 Å². The summed E-state index contributed by atoms with van der Waals surface area (Å²) in [6, 6.07) is 0. The molecule has 0 aromatic heterocycles. The van der Waals surface area contributed by atoms with Crippen LogP contribution >= 0.6 is 0 Å². The van der Waals surface area contributed by atoms with Crippen LogP contribution in [0.25, 0.3) is 0 Å². The molecule has 17 nitrogen and oxygen atoms in total. The Kier molecular flexibility index (Phi) is 13.3. The van der Waals surface area contributed by atoms with Crippen LogP contribution in [-0.4, -0.2) is 143 Å². The predicted molar refractivity (Wildman–Crippen MR) is 129 cm³/mol. The molecule has 0 aromatic carbocycles. The summed E-state index contributed by atoms with van der Waals surface area (Å²) in [4.78, 5) is 47.3. The fourth-order valence-corrected chi connectivity index (χ4v) is 4.90. The molecule has 0 aliphatic carbocycles. The summed E-state index contributed by atoms with van der Waals surface area (Å²) < 4.78 is 36.9. The van der Waals surface area contributed by atoms with E-state index in [2.05, 4.69) is 0 Å². The minimum Gasteiger partial charge on any atom is -0.479 e. The highest BCUT2D eigenvalue weighted by Gasteiger charge is 2.49. The molecule has 2 fully saturated rings. The summed E-state index contributed by atoms with van der Waals surface area (Å²) in [7, 11) is 2.39. The SMILES string of the molecule is CC[C@@H]1C(COC(C(=O)O)C(=O)O[C@@H]2C(O)[C@H](OC)OC(COC(C(=O)O)C(=O)O)[C@H]2CC)O[C@@H](OC)C(O)[C@H]1O. The Hall–Kier alpha value is -2.48. The molecule has 0 aromatic rings. The highest BCUT2D eigenvalue weighted by molar-refractivity contribution is 5.97. The minimum absolute atomic E-state index is 0.135. The number of carbonyl (C=O) groups is 4. The molecule has 0 saturated carbocycles. The first-order chi connectivity index (χ1) is 19.3. The van der Waals surface area contributed by atoms with Gasteiger partial charge in [0.25, 0.3) is 12.2 Å². The molecule has 17 heteroatoms. The van der Waals surface area contributed by atoms with Crippen LogP contribution in [0.1, 0.15) is 26.7 Å². The van der Waals surface area contributed by atoms with Crippen LogP contribution < -0.4 is 0 Å². The number of aliphatic carboxylic acids is 3. The molecule has 0 bridgehead atoms. The maximum Gasteiger partial charge on any atom is 0.347 e. The van der Waals surface area contributed by atoms with Crippen LogP contribution in [0, 0.1) is 11.8 Å². The molecular formula is C24H38O17. The number of ether oxygens (including phenoxy) is 7. The normalized spacial score (nSPS) is 34.6. The average molecular weight is 599 g/mol. The molecule has 6 N–H and O–H groups in total. The lowest BCUT2D eigenvalue weighted by Gasteiger charge is -2.44. The van der Waals surface area contributed by atoms with Crippen molar-refractivity contribution in [3.63, 3.8) is 0 Å². The van der Waals surface area contributed by atoms with Gasteiger partial charge in [0.2, 0.25) is 0 Å². The van der Waals surface area contributed by atoms with Gasteiger partial charge in [-0.3, -0.25) is 0 Å². The lowest BCUT2D eigenvalue weighted by Crippen LogP contribution is -2.59. The molecule has 11 atom stereocenters. The van der Waals surface area contributed by atoms with Crippen molar-refractivity contribution in [3.05, 3.63) is 0 Å². The lowest BCUT2D eigenvalue weighted by molar-refractivity contribution is -0.292. The molecule has 2 aliphatic rings. The van der Waals surface area contributed by atoms with Gasteiger partial charge < -0.3 is 63.8 Å². The summed E-state index contributed by atoms with van der Waals surface area (Å²) in [5.74, 6) is -8.26. The zero-order valence-electron chi connectivity index (χ0n) is 22.9. The van der Waals surface area contributed by atoms with Crippen molar-refractivity contribution in [3.8, 4) is 0 Å². The maximum atomic E-state index is 13.0. The third-order valence-corrected chi connectivity index (χ3v) is 7.08. The molecule has 2 saturated heterocycles. The molecule has 5 unspecified atom stereocenters. The van der Waals surface area contributed by atoms with E-state index in [0.717, 1.165) is 7.11 Å². The fraction of sp³-hybridized carbons (Fsp3) is 0.833. The Balaban J connectivity index is 2.19. The predicted octanol–water partition coefficient (Wildman–Crippen LogP) is -2.20. The van der Waals surface area contributed by atoms with Crippen LogP contribution in [0.15, 0.2) is 0 Å². The second-order valence-electron chi connectivity index (χ2n) is 9.52. The number of hydrogen-bond donors (Lipinski definition) is 6. The van der Waals surface area contributed by atoms with E-state index in [0.29, 0.717) is 6.42 Å². The van der Waals surface area contributed by atoms with E-state index < -0.39 is 110 Å². The highest BCUT2D eigenvalue weighted by Crippen LogP contribution is 2.33. The van der Waals surface area contributed by atoms with Gasteiger partial charge in [-0.25, -0.2) is 19.2 Å². The Bertz CT molecular complexity index is 883. The number of methoxy groups -OCH3 is 2. The highest BCUT2D eigenvalue weighted by atomic mass is 16.7. The first kappa shape index (κ1) is 34.7. The maximum absolute atomic E-state index is 13.0. The number of esters is 1. The Labute approximate surface area is 234 Å². The van der Waals surface area contributed by atoms with Crippen molar-refractivity contribution < 1.29 is 83.0 Å². The monoisotopic (exact) mass is 598 g/mol. The van der Waals surface area contributed by atoms with Crippen molar-refractivity contribution in [1.29, 1.82) is 0 Å². The summed E-state index contributed by atoms with van der Waals surface area (Å²) >= 11 is 0. The van der Waals surface area contributed by atoms with Crippen molar-refractivity contribution in [1.82, 2.24) is 0 Å². The smallest absolute Gasteiger partial charge is 0.347 e. The quantitative estimate of drug-likeness (QED) is 0.0863. The van der Waals surface area contributed by atoms with Gasteiger partial charge in [-0.1, -0.05) is 13.8 Å². The second-order valence-corrected chi connectivity index (χ2v) is 9.52. The molecule has 2 heterocycles. The fourth-order valence-electron chi connectivity index (χ4n) is 4.90. The topological polar surface area (TPSA) is 254 Å². The van der Waals surface area contributed by atoms with Crippen molar-refractivity contribution in [2.75, 3.05) is 27.4 Å². The zero-order valence-corrected chi connectivity index (χ0v) is 22.9. The van der Waals surface area contributed by atoms with Gasteiger partial charge in [-0.2, -0.15) is 0 Å². The number of aliphatic hydroxyl groups is 3. The number of aliphatic hydroxyl groups excluding tert-OH is 3. The average Bonchev–Trinajstić information content (AvgIpc) is 2.91. The molecular weight excluding hydrogens is 560 g/mol. The second kappa shape index (κ2) is 15.7. The van der Waals surface area contributed by atoms with E-state index in [-0.39, 0.29) is 6.42 Å². The van der Waals surface area contributed by atoms with Crippen molar-refractivity contribution in [2.45, 2.75) is 88.1 Å². The van der Waals surface area contributed by atoms with Gasteiger partial charge in [-0.05, 0) is 12.8 Å². The van der Waals surface area contributed by atoms with Gasteiger partial charge in [0.15, 0.2) is 12.6 Å². The van der Waals surface area contributed by atoms with E-state index in [1.807, 2.05) is 0 Å². The first-order valence-corrected chi connectivity index (χ1v) is 12.8. The molecule has 41 heavy (non-hydrogen) atoms. The molecule has 0 amide bonds. The number of carboxylic acids is 3. The van der Waals surface area contributed by atoms with Crippen molar-refractivity contribution in [2.24, 2.45) is 11.8 Å².